The van der Waals surface area contributed by atoms with Crippen molar-refractivity contribution in [1.29, 1.82) is 0 Å². The number of aryl methyl sites for hydroxylation is 1. The number of carbonyl (C=O) groups is 1. The zero-order valence-electron chi connectivity index (χ0n) is 16.3. The van der Waals surface area contributed by atoms with Crippen LogP contribution >= 0.6 is 11.8 Å². The van der Waals surface area contributed by atoms with E-state index in [1.807, 2.05) is 37.3 Å². The summed E-state index contributed by atoms with van der Waals surface area (Å²) in [4.78, 5) is 12.6. The van der Waals surface area contributed by atoms with E-state index in [9.17, 15) is 4.79 Å². The van der Waals surface area contributed by atoms with Crippen LogP contribution in [0.15, 0.2) is 52.1 Å². The van der Waals surface area contributed by atoms with Crippen LogP contribution < -0.4 is 9.47 Å². The number of carbonyl (C=O) groups excluding carboxylic acids is 1. The molecule has 3 aromatic rings. The van der Waals surface area contributed by atoms with E-state index in [0.29, 0.717) is 33.7 Å². The minimum atomic E-state index is -0.341. The first-order chi connectivity index (χ1) is 13.5. The molecule has 0 amide bonds. The minimum absolute atomic E-state index is 0.0264. The van der Waals surface area contributed by atoms with Gasteiger partial charge in [-0.2, -0.15) is 0 Å². The van der Waals surface area contributed by atoms with Crippen LogP contribution in [0.5, 0.6) is 11.5 Å². The predicted molar refractivity (Wildman–Crippen MR) is 108 cm³/mol. The largest absolute Gasteiger partial charge is 0.493 e. The Kier molecular flexibility index (Phi) is 6.36. The van der Waals surface area contributed by atoms with Crippen LogP contribution in [0.1, 0.15) is 29.8 Å². The van der Waals surface area contributed by atoms with Gasteiger partial charge in [-0.15, -0.1) is 10.2 Å². The standard InChI is InChI=1S/C21H22N2O4S/c1-5-14-6-8-15(9-7-14)19(24)13(2)28-21-23-22-20(27-21)16-10-11-17(25-3)18(12-16)26-4/h6-13H,5H2,1-4H3. The van der Waals surface area contributed by atoms with Crippen molar-refractivity contribution < 1.29 is 18.7 Å². The lowest BCUT2D eigenvalue weighted by Crippen LogP contribution is -2.13. The molecular formula is C21H22N2O4S. The van der Waals surface area contributed by atoms with Gasteiger partial charge in [-0.05, 0) is 37.1 Å². The fourth-order valence-corrected chi connectivity index (χ4v) is 3.45. The lowest BCUT2D eigenvalue weighted by molar-refractivity contribution is 0.0993. The van der Waals surface area contributed by atoms with Gasteiger partial charge in [0.05, 0.1) is 19.5 Å². The van der Waals surface area contributed by atoms with Gasteiger partial charge in [0, 0.05) is 11.1 Å². The highest BCUT2D eigenvalue weighted by atomic mass is 32.2. The smallest absolute Gasteiger partial charge is 0.277 e. The number of Topliss-reactive ketones (excluding diaryl/α,β-unsaturated/α-hetero) is 1. The van der Waals surface area contributed by atoms with E-state index >= 15 is 0 Å². The van der Waals surface area contributed by atoms with Gasteiger partial charge in [0.25, 0.3) is 5.22 Å². The van der Waals surface area contributed by atoms with Crippen LogP contribution in [0.25, 0.3) is 11.5 Å². The fourth-order valence-electron chi connectivity index (χ4n) is 2.69. The quantitative estimate of drug-likeness (QED) is 0.403. The molecule has 1 unspecified atom stereocenters. The molecule has 0 fully saturated rings. The number of rotatable bonds is 8. The van der Waals surface area contributed by atoms with Crippen LogP contribution in [0, 0.1) is 0 Å². The van der Waals surface area contributed by atoms with E-state index in [-0.39, 0.29) is 11.0 Å². The van der Waals surface area contributed by atoms with Gasteiger partial charge in [-0.1, -0.05) is 43.0 Å². The Bertz CT molecular complexity index is 953. The number of nitrogens with zero attached hydrogens (tertiary/aromatic N) is 2. The number of hydrogen-bond acceptors (Lipinski definition) is 7. The molecule has 0 radical (unpaired) electrons. The average molecular weight is 398 g/mol. The van der Waals surface area contributed by atoms with E-state index in [1.54, 1.807) is 26.4 Å². The van der Waals surface area contributed by atoms with E-state index < -0.39 is 0 Å². The van der Waals surface area contributed by atoms with Crippen molar-refractivity contribution in [3.05, 3.63) is 53.6 Å². The zero-order valence-corrected chi connectivity index (χ0v) is 17.1. The summed E-state index contributed by atoms with van der Waals surface area (Å²) in [5, 5.41) is 8.14. The Morgan fingerprint density at radius 3 is 2.43 bits per heavy atom. The Balaban J connectivity index is 1.72. The second kappa shape index (κ2) is 8.93. The molecule has 146 valence electrons. The van der Waals surface area contributed by atoms with Gasteiger partial charge in [0.15, 0.2) is 17.3 Å². The molecule has 0 bridgehead atoms. The van der Waals surface area contributed by atoms with E-state index in [0.717, 1.165) is 6.42 Å². The molecular weight excluding hydrogens is 376 g/mol. The van der Waals surface area contributed by atoms with Crippen LogP contribution in [-0.4, -0.2) is 35.5 Å². The third kappa shape index (κ3) is 4.36. The molecule has 28 heavy (non-hydrogen) atoms. The van der Waals surface area contributed by atoms with E-state index in [2.05, 4.69) is 17.1 Å². The molecule has 0 aliphatic carbocycles. The molecule has 0 spiro atoms. The summed E-state index contributed by atoms with van der Waals surface area (Å²) in [7, 11) is 3.14. The molecule has 1 atom stereocenters. The molecule has 0 aliphatic heterocycles. The number of benzene rings is 2. The van der Waals surface area contributed by atoms with Crippen molar-refractivity contribution in [2.24, 2.45) is 0 Å². The Morgan fingerprint density at radius 2 is 1.79 bits per heavy atom. The molecule has 1 heterocycles. The summed E-state index contributed by atoms with van der Waals surface area (Å²) >= 11 is 1.24. The molecule has 2 aromatic carbocycles. The summed E-state index contributed by atoms with van der Waals surface area (Å²) in [5.41, 5.74) is 2.59. The summed E-state index contributed by atoms with van der Waals surface area (Å²) in [6.45, 7) is 3.92. The van der Waals surface area contributed by atoms with Crippen molar-refractivity contribution in [2.75, 3.05) is 14.2 Å². The molecule has 1 aromatic heterocycles. The van der Waals surface area contributed by atoms with Gasteiger partial charge in [0.1, 0.15) is 0 Å². The number of hydrogen-bond donors (Lipinski definition) is 0. The number of aromatic nitrogens is 2. The second-order valence-electron chi connectivity index (χ2n) is 6.12. The number of thioether (sulfide) groups is 1. The summed E-state index contributed by atoms with van der Waals surface area (Å²) < 4.78 is 16.3. The molecule has 6 nitrogen and oxygen atoms in total. The zero-order chi connectivity index (χ0) is 20.1. The van der Waals surface area contributed by atoms with Crippen molar-refractivity contribution in [3.8, 4) is 23.0 Å². The first-order valence-electron chi connectivity index (χ1n) is 8.91. The van der Waals surface area contributed by atoms with Crippen molar-refractivity contribution in [1.82, 2.24) is 10.2 Å². The van der Waals surface area contributed by atoms with Crippen LogP contribution in [0.2, 0.25) is 0 Å². The number of methoxy groups -OCH3 is 2. The molecule has 3 rings (SSSR count). The fraction of sp³-hybridized carbons (Fsp3) is 0.286. The summed E-state index contributed by atoms with van der Waals surface area (Å²) in [6.07, 6.45) is 0.944. The molecule has 0 N–H and O–H groups in total. The highest BCUT2D eigenvalue weighted by Gasteiger charge is 2.20. The molecule has 0 saturated heterocycles. The van der Waals surface area contributed by atoms with Gasteiger partial charge in [-0.3, -0.25) is 4.79 Å². The van der Waals surface area contributed by atoms with Crippen molar-refractivity contribution in [3.63, 3.8) is 0 Å². The second-order valence-corrected chi connectivity index (χ2v) is 7.41. The number of ether oxygens (including phenoxy) is 2. The van der Waals surface area contributed by atoms with Gasteiger partial charge in [0.2, 0.25) is 5.89 Å². The highest BCUT2D eigenvalue weighted by molar-refractivity contribution is 8.00. The molecule has 7 heteroatoms. The lowest BCUT2D eigenvalue weighted by Gasteiger charge is -2.08. The van der Waals surface area contributed by atoms with Crippen LogP contribution in [0.4, 0.5) is 0 Å². The maximum atomic E-state index is 12.6. The highest BCUT2D eigenvalue weighted by Crippen LogP contribution is 2.33. The molecule has 0 saturated carbocycles. The Morgan fingerprint density at radius 1 is 1.07 bits per heavy atom. The Hall–Kier alpha value is -2.80. The van der Waals surface area contributed by atoms with E-state index in [1.165, 1.54) is 17.3 Å². The normalized spacial score (nSPS) is 11.9. The minimum Gasteiger partial charge on any atom is -0.493 e. The molecule has 0 aliphatic rings. The van der Waals surface area contributed by atoms with E-state index in [4.69, 9.17) is 13.9 Å². The first kappa shape index (κ1) is 19.9. The topological polar surface area (TPSA) is 74.5 Å². The monoisotopic (exact) mass is 398 g/mol. The van der Waals surface area contributed by atoms with Crippen LogP contribution in [0.3, 0.4) is 0 Å². The maximum absolute atomic E-state index is 12.6. The lowest BCUT2D eigenvalue weighted by atomic mass is 10.1. The Labute approximate surface area is 168 Å². The van der Waals surface area contributed by atoms with Gasteiger partial charge in [-0.25, -0.2) is 0 Å². The predicted octanol–water partition coefficient (Wildman–Crippen LogP) is 4.68. The third-order valence-corrected chi connectivity index (χ3v) is 5.26. The first-order valence-corrected chi connectivity index (χ1v) is 9.79. The van der Waals surface area contributed by atoms with Crippen molar-refractivity contribution >= 4 is 17.5 Å². The van der Waals surface area contributed by atoms with Crippen molar-refractivity contribution in [2.45, 2.75) is 30.7 Å². The number of ketones is 1. The van der Waals surface area contributed by atoms with Crippen LogP contribution in [-0.2, 0) is 6.42 Å². The maximum Gasteiger partial charge on any atom is 0.277 e. The van der Waals surface area contributed by atoms with Gasteiger partial charge < -0.3 is 13.9 Å². The summed E-state index contributed by atoms with van der Waals surface area (Å²) in [5.74, 6) is 1.58. The SMILES string of the molecule is CCc1ccc(C(=O)C(C)Sc2nnc(-c3ccc(OC)c(OC)c3)o2)cc1. The average Bonchev–Trinajstić information content (AvgIpc) is 3.21. The van der Waals surface area contributed by atoms with Gasteiger partial charge >= 0.3 is 0 Å². The third-order valence-electron chi connectivity index (χ3n) is 4.33. The summed E-state index contributed by atoms with van der Waals surface area (Å²) in [6, 6.07) is 13.0.